The summed E-state index contributed by atoms with van der Waals surface area (Å²) in [4.78, 5) is 13.4. The van der Waals surface area contributed by atoms with Crippen LogP contribution in [0.15, 0.2) is 25.3 Å². The number of thioether (sulfide) groups is 1. The van der Waals surface area contributed by atoms with E-state index in [0.717, 1.165) is 0 Å². The van der Waals surface area contributed by atoms with Crippen LogP contribution in [0.4, 0.5) is 0 Å². The third-order valence-electron chi connectivity index (χ3n) is 2.71. The van der Waals surface area contributed by atoms with Crippen LogP contribution in [0.2, 0.25) is 0 Å². The maximum absolute atomic E-state index is 12.0. The first kappa shape index (κ1) is 14.3. The molecule has 1 atom stereocenters. The Morgan fingerprint density at radius 1 is 1.41 bits per heavy atom. The minimum absolute atomic E-state index is 0.0952. The molecule has 0 aromatic rings. The van der Waals surface area contributed by atoms with E-state index in [1.54, 1.807) is 22.7 Å². The van der Waals surface area contributed by atoms with E-state index in [4.69, 9.17) is 4.74 Å². The topological polar surface area (TPSA) is 29.5 Å². The monoisotopic (exact) mass is 255 g/mol. The van der Waals surface area contributed by atoms with Gasteiger partial charge < -0.3 is 4.74 Å². The highest BCUT2D eigenvalue weighted by Gasteiger charge is 2.53. The molecule has 17 heavy (non-hydrogen) atoms. The average Bonchev–Trinajstić information content (AvgIpc) is 2.38. The third-order valence-corrected chi connectivity index (χ3v) is 4.13. The second kappa shape index (κ2) is 4.86. The molecule has 0 bridgehead atoms. The van der Waals surface area contributed by atoms with Gasteiger partial charge in [-0.1, -0.05) is 12.7 Å². The second-order valence-electron chi connectivity index (χ2n) is 5.04. The van der Waals surface area contributed by atoms with E-state index in [9.17, 15) is 4.79 Å². The van der Waals surface area contributed by atoms with Crippen molar-refractivity contribution in [2.75, 3.05) is 6.61 Å². The molecule has 0 N–H and O–H groups in total. The Kier molecular flexibility index (Phi) is 4.10. The Morgan fingerprint density at radius 3 is 2.47 bits per heavy atom. The van der Waals surface area contributed by atoms with E-state index in [2.05, 4.69) is 27.0 Å². The zero-order valence-electron chi connectivity index (χ0n) is 11.0. The largest absolute Gasteiger partial charge is 0.353 e. The van der Waals surface area contributed by atoms with Crippen molar-refractivity contribution in [3.63, 3.8) is 0 Å². The van der Waals surface area contributed by atoms with Gasteiger partial charge in [0.05, 0.1) is 16.2 Å². The maximum Gasteiger partial charge on any atom is 0.249 e. The first-order valence-electron chi connectivity index (χ1n) is 5.64. The number of carbonyl (C=O) groups is 1. The Balaban J connectivity index is 3.05. The molecule has 0 aromatic carbocycles. The van der Waals surface area contributed by atoms with Gasteiger partial charge in [0.2, 0.25) is 5.91 Å². The maximum atomic E-state index is 12.0. The minimum atomic E-state index is -0.291. The predicted octanol–water partition coefficient (Wildman–Crippen LogP) is 2.79. The zero-order chi connectivity index (χ0) is 13.3. The van der Waals surface area contributed by atoms with Gasteiger partial charge in [0.25, 0.3) is 0 Å². The molecule has 0 aromatic heterocycles. The molecule has 3 nitrogen and oxygen atoms in total. The molecule has 1 aliphatic heterocycles. The molecule has 4 heteroatoms. The highest BCUT2D eigenvalue weighted by Crippen LogP contribution is 2.51. The van der Waals surface area contributed by atoms with Crippen molar-refractivity contribution in [2.45, 2.75) is 43.5 Å². The quantitative estimate of drug-likeness (QED) is 0.571. The van der Waals surface area contributed by atoms with Crippen molar-refractivity contribution in [3.8, 4) is 0 Å². The van der Waals surface area contributed by atoms with E-state index >= 15 is 0 Å². The van der Waals surface area contributed by atoms with Crippen LogP contribution < -0.4 is 0 Å². The first-order valence-corrected chi connectivity index (χ1v) is 6.46. The van der Waals surface area contributed by atoms with Gasteiger partial charge in [0, 0.05) is 0 Å². The number of carbonyl (C=O) groups excluding carboxylic acids is 1. The third kappa shape index (κ3) is 2.75. The number of hydrogen-bond donors (Lipinski definition) is 0. The van der Waals surface area contributed by atoms with Crippen LogP contribution in [-0.2, 0) is 9.53 Å². The van der Waals surface area contributed by atoms with Gasteiger partial charge in [-0.05, 0) is 33.8 Å². The minimum Gasteiger partial charge on any atom is -0.353 e. The van der Waals surface area contributed by atoms with Crippen LogP contribution in [0.3, 0.4) is 0 Å². The van der Waals surface area contributed by atoms with Crippen molar-refractivity contribution < 1.29 is 9.53 Å². The summed E-state index contributed by atoms with van der Waals surface area (Å²) < 4.78 is 5.61. The summed E-state index contributed by atoms with van der Waals surface area (Å²) in [5.74, 6) is -0.0952. The Morgan fingerprint density at radius 2 is 2.00 bits per heavy atom. The Hall–Kier alpha value is -0.740. The predicted molar refractivity (Wildman–Crippen MR) is 72.7 cm³/mol. The van der Waals surface area contributed by atoms with Gasteiger partial charge in [0.15, 0.2) is 0 Å². The average molecular weight is 255 g/mol. The first-order chi connectivity index (χ1) is 7.76. The second-order valence-corrected chi connectivity index (χ2v) is 7.29. The van der Waals surface area contributed by atoms with Crippen molar-refractivity contribution in [1.82, 2.24) is 4.90 Å². The molecular weight excluding hydrogens is 234 g/mol. The molecule has 1 aliphatic rings. The number of ether oxygens (including phenoxy) is 1. The Bertz CT molecular complexity index is 336. The van der Waals surface area contributed by atoms with Gasteiger partial charge >= 0.3 is 0 Å². The number of hydrogen-bond acceptors (Lipinski definition) is 3. The summed E-state index contributed by atoms with van der Waals surface area (Å²) >= 11 is 1.73. The lowest BCUT2D eigenvalue weighted by molar-refractivity contribution is -0.145. The lowest BCUT2D eigenvalue weighted by Crippen LogP contribution is -2.50. The zero-order valence-corrected chi connectivity index (χ0v) is 11.8. The van der Waals surface area contributed by atoms with E-state index < -0.39 is 0 Å². The van der Waals surface area contributed by atoms with E-state index in [1.807, 2.05) is 13.8 Å². The van der Waals surface area contributed by atoms with Crippen LogP contribution in [0.25, 0.3) is 0 Å². The number of rotatable bonds is 4. The number of amides is 1. The highest BCUT2D eigenvalue weighted by molar-refractivity contribution is 8.02. The molecule has 1 rings (SSSR count). The van der Waals surface area contributed by atoms with Gasteiger partial charge in [-0.2, -0.15) is 0 Å². The van der Waals surface area contributed by atoms with E-state index in [0.29, 0.717) is 6.61 Å². The molecule has 1 amide bonds. The van der Waals surface area contributed by atoms with Crippen molar-refractivity contribution >= 4 is 17.7 Å². The normalized spacial score (nSPS) is 25.6. The molecule has 1 saturated heterocycles. The van der Waals surface area contributed by atoms with Crippen LogP contribution in [0.1, 0.15) is 27.7 Å². The fourth-order valence-corrected chi connectivity index (χ4v) is 4.10. The molecule has 0 spiro atoms. The van der Waals surface area contributed by atoms with Gasteiger partial charge in [-0.25, -0.2) is 0 Å². The lowest BCUT2D eigenvalue weighted by Gasteiger charge is -2.34. The molecule has 1 unspecified atom stereocenters. The van der Waals surface area contributed by atoms with Crippen molar-refractivity contribution in [2.24, 2.45) is 0 Å². The molecule has 0 radical (unpaired) electrons. The Labute approximate surface area is 108 Å². The van der Waals surface area contributed by atoms with Crippen LogP contribution in [0.5, 0.6) is 0 Å². The molecule has 1 heterocycles. The summed E-state index contributed by atoms with van der Waals surface area (Å²) in [5.41, 5.74) is 0. The van der Waals surface area contributed by atoms with E-state index in [-0.39, 0.29) is 21.8 Å². The van der Waals surface area contributed by atoms with Gasteiger partial charge in [-0.3, -0.25) is 9.69 Å². The number of nitrogens with zero attached hydrogens (tertiary/aromatic N) is 1. The van der Waals surface area contributed by atoms with Crippen molar-refractivity contribution in [1.29, 1.82) is 0 Å². The van der Waals surface area contributed by atoms with Gasteiger partial charge in [-0.15, -0.1) is 18.3 Å². The van der Waals surface area contributed by atoms with E-state index in [1.165, 1.54) is 6.08 Å². The summed E-state index contributed by atoms with van der Waals surface area (Å²) in [7, 11) is 0. The summed E-state index contributed by atoms with van der Waals surface area (Å²) in [6.45, 7) is 15.9. The fourth-order valence-electron chi connectivity index (χ4n) is 2.25. The van der Waals surface area contributed by atoms with Crippen molar-refractivity contribution in [3.05, 3.63) is 25.3 Å². The fraction of sp³-hybridized carbons (Fsp3) is 0.615. The lowest BCUT2D eigenvalue weighted by atomic mass is 10.1. The van der Waals surface area contributed by atoms with Crippen LogP contribution in [-0.4, -0.2) is 33.3 Å². The highest BCUT2D eigenvalue weighted by atomic mass is 32.2. The molecular formula is C13H21NO2S. The summed E-state index contributed by atoms with van der Waals surface area (Å²) in [6, 6.07) is 0. The van der Waals surface area contributed by atoms with Gasteiger partial charge in [0.1, 0.15) is 6.23 Å². The van der Waals surface area contributed by atoms with Crippen LogP contribution >= 0.6 is 11.8 Å². The standard InChI is InChI=1S/C13H21NO2S/c1-7-9-16-11-12(3,4)17-13(5,6)14(11)10(15)8-2/h7-8,11H,1-2,9H2,3-6H3. The molecule has 0 aliphatic carbocycles. The smallest absolute Gasteiger partial charge is 0.249 e. The SMILES string of the molecule is C=CCOC1N(C(=O)C=C)C(C)(C)SC1(C)C. The molecule has 96 valence electrons. The molecule has 1 fully saturated rings. The molecule has 0 saturated carbocycles. The summed E-state index contributed by atoms with van der Waals surface area (Å²) in [5, 5.41) is 0. The summed E-state index contributed by atoms with van der Waals surface area (Å²) in [6.07, 6.45) is 2.78. The van der Waals surface area contributed by atoms with Crippen LogP contribution in [0, 0.1) is 0 Å².